The van der Waals surface area contributed by atoms with E-state index in [1.165, 1.54) is 58.3 Å². The maximum Gasteiger partial charge on any atom is 0.0344 e. The van der Waals surface area contributed by atoms with Gasteiger partial charge in [-0.25, -0.2) is 0 Å². The second-order valence-corrected chi connectivity index (χ2v) is 5.28. The lowest BCUT2D eigenvalue weighted by atomic mass is 9.89. The Morgan fingerprint density at radius 1 is 1.00 bits per heavy atom. The zero-order valence-electron chi connectivity index (χ0n) is 10.0. The van der Waals surface area contributed by atoms with Gasteiger partial charge in [0.1, 0.15) is 0 Å². The Bertz CT molecular complexity index is 201. The van der Waals surface area contributed by atoms with Gasteiger partial charge in [0.25, 0.3) is 0 Å². The van der Waals surface area contributed by atoms with Crippen LogP contribution in [-0.4, -0.2) is 55.1 Å². The van der Waals surface area contributed by atoms with E-state index in [4.69, 9.17) is 5.73 Å². The minimum atomic E-state index is 0.335. The molecule has 0 aliphatic carbocycles. The molecule has 15 heavy (non-hydrogen) atoms. The Kier molecular flexibility index (Phi) is 3.65. The molecule has 2 aliphatic heterocycles. The van der Waals surface area contributed by atoms with Crippen molar-refractivity contribution in [2.75, 3.05) is 39.8 Å². The Balaban J connectivity index is 2.05. The van der Waals surface area contributed by atoms with Gasteiger partial charge in [-0.15, -0.1) is 0 Å². The highest BCUT2D eigenvalue weighted by Crippen LogP contribution is 2.30. The summed E-state index contributed by atoms with van der Waals surface area (Å²) in [6.07, 6.45) is 6.62. The first-order valence-electron chi connectivity index (χ1n) is 6.40. The highest BCUT2D eigenvalue weighted by molar-refractivity contribution is 4.95. The predicted molar refractivity (Wildman–Crippen MR) is 63.9 cm³/mol. The maximum atomic E-state index is 6.07. The quantitative estimate of drug-likeness (QED) is 0.736. The van der Waals surface area contributed by atoms with Gasteiger partial charge in [-0.05, 0) is 65.3 Å². The van der Waals surface area contributed by atoms with E-state index in [2.05, 4.69) is 16.8 Å². The third-order valence-electron chi connectivity index (χ3n) is 4.30. The molecule has 3 nitrogen and oxygen atoms in total. The molecule has 2 heterocycles. The molecule has 3 heteroatoms. The van der Waals surface area contributed by atoms with E-state index < -0.39 is 0 Å². The molecule has 0 saturated carbocycles. The molecule has 2 aliphatic rings. The van der Waals surface area contributed by atoms with Crippen molar-refractivity contribution in [3.05, 3.63) is 0 Å². The number of rotatable bonds is 2. The molecular weight excluding hydrogens is 186 g/mol. The van der Waals surface area contributed by atoms with Gasteiger partial charge in [0.2, 0.25) is 0 Å². The molecular formula is C12H25N3. The normalized spacial score (nSPS) is 35.6. The third-order valence-corrected chi connectivity index (χ3v) is 4.30. The van der Waals surface area contributed by atoms with E-state index >= 15 is 0 Å². The van der Waals surface area contributed by atoms with Crippen LogP contribution in [-0.2, 0) is 0 Å². The molecule has 2 saturated heterocycles. The van der Waals surface area contributed by atoms with Crippen LogP contribution >= 0.6 is 0 Å². The van der Waals surface area contributed by atoms with Gasteiger partial charge in [-0.3, -0.25) is 4.90 Å². The maximum absolute atomic E-state index is 6.07. The molecule has 2 fully saturated rings. The Hall–Kier alpha value is -0.120. The van der Waals surface area contributed by atoms with Crippen LogP contribution in [0.15, 0.2) is 0 Å². The lowest BCUT2D eigenvalue weighted by Crippen LogP contribution is -2.53. The van der Waals surface area contributed by atoms with Gasteiger partial charge >= 0.3 is 0 Å². The molecule has 0 amide bonds. The fourth-order valence-corrected chi connectivity index (χ4v) is 3.15. The SMILES string of the molecule is CN1CCCC(CN)(N2CCCC2)CC1. The zero-order valence-corrected chi connectivity index (χ0v) is 10.0. The molecule has 0 bridgehead atoms. The zero-order chi connectivity index (χ0) is 10.7. The topological polar surface area (TPSA) is 32.5 Å². The summed E-state index contributed by atoms with van der Waals surface area (Å²) in [4.78, 5) is 5.12. The highest BCUT2D eigenvalue weighted by atomic mass is 15.2. The molecule has 0 aromatic rings. The van der Waals surface area contributed by atoms with E-state index in [1.54, 1.807) is 0 Å². The summed E-state index contributed by atoms with van der Waals surface area (Å²) in [6.45, 7) is 5.87. The van der Waals surface area contributed by atoms with E-state index in [1.807, 2.05) is 0 Å². The van der Waals surface area contributed by atoms with Crippen LogP contribution in [0.5, 0.6) is 0 Å². The minimum absolute atomic E-state index is 0.335. The van der Waals surface area contributed by atoms with Crippen LogP contribution in [0.3, 0.4) is 0 Å². The first kappa shape index (κ1) is 11.4. The lowest BCUT2D eigenvalue weighted by Gasteiger charge is -2.40. The van der Waals surface area contributed by atoms with Crippen molar-refractivity contribution in [1.29, 1.82) is 0 Å². The van der Waals surface area contributed by atoms with E-state index in [-0.39, 0.29) is 0 Å². The van der Waals surface area contributed by atoms with Gasteiger partial charge in [-0.2, -0.15) is 0 Å². The Labute approximate surface area is 93.6 Å². The van der Waals surface area contributed by atoms with Crippen LogP contribution in [0.1, 0.15) is 32.1 Å². The summed E-state index contributed by atoms with van der Waals surface area (Å²) >= 11 is 0. The van der Waals surface area contributed by atoms with Crippen molar-refractivity contribution in [3.8, 4) is 0 Å². The fraction of sp³-hybridized carbons (Fsp3) is 1.00. The van der Waals surface area contributed by atoms with E-state index in [0.717, 1.165) is 6.54 Å². The molecule has 2 rings (SSSR count). The van der Waals surface area contributed by atoms with Crippen LogP contribution in [0.25, 0.3) is 0 Å². The number of hydrogen-bond donors (Lipinski definition) is 1. The number of nitrogens with two attached hydrogens (primary N) is 1. The van der Waals surface area contributed by atoms with Crippen molar-refractivity contribution < 1.29 is 0 Å². The summed E-state index contributed by atoms with van der Waals surface area (Å²) in [5, 5.41) is 0. The van der Waals surface area contributed by atoms with Crippen molar-refractivity contribution >= 4 is 0 Å². The number of hydrogen-bond acceptors (Lipinski definition) is 3. The Morgan fingerprint density at radius 2 is 1.73 bits per heavy atom. The Morgan fingerprint density at radius 3 is 2.40 bits per heavy atom. The summed E-state index contributed by atoms with van der Waals surface area (Å²) in [5.41, 5.74) is 6.41. The van der Waals surface area contributed by atoms with Gasteiger partial charge in [0.15, 0.2) is 0 Å². The average Bonchev–Trinajstić information content (AvgIpc) is 2.71. The standard InChI is InChI=1S/C12H25N3/c1-14-7-4-5-12(11-13,6-10-14)15-8-2-3-9-15/h2-11,13H2,1H3. The smallest absolute Gasteiger partial charge is 0.0344 e. The monoisotopic (exact) mass is 211 g/mol. The number of likely N-dealkylation sites (tertiary alicyclic amines) is 2. The van der Waals surface area contributed by atoms with Gasteiger partial charge in [0.05, 0.1) is 0 Å². The molecule has 0 aromatic carbocycles. The average molecular weight is 211 g/mol. The van der Waals surface area contributed by atoms with Gasteiger partial charge in [-0.1, -0.05) is 0 Å². The van der Waals surface area contributed by atoms with E-state index in [9.17, 15) is 0 Å². The minimum Gasteiger partial charge on any atom is -0.329 e. The summed E-state index contributed by atoms with van der Waals surface area (Å²) in [5.74, 6) is 0. The van der Waals surface area contributed by atoms with Gasteiger partial charge in [0, 0.05) is 12.1 Å². The molecule has 1 atom stereocenters. The summed E-state index contributed by atoms with van der Waals surface area (Å²) in [6, 6.07) is 0. The predicted octanol–water partition coefficient (Wildman–Crippen LogP) is 0.895. The molecule has 88 valence electrons. The first-order valence-corrected chi connectivity index (χ1v) is 6.40. The van der Waals surface area contributed by atoms with Crippen LogP contribution in [0, 0.1) is 0 Å². The summed E-state index contributed by atoms with van der Waals surface area (Å²) in [7, 11) is 2.23. The van der Waals surface area contributed by atoms with Crippen LogP contribution < -0.4 is 5.73 Å². The second-order valence-electron chi connectivity index (χ2n) is 5.28. The van der Waals surface area contributed by atoms with Crippen LogP contribution in [0.2, 0.25) is 0 Å². The number of nitrogens with zero attached hydrogens (tertiary/aromatic N) is 2. The molecule has 1 unspecified atom stereocenters. The first-order chi connectivity index (χ1) is 7.27. The molecule has 2 N–H and O–H groups in total. The molecule has 0 radical (unpaired) electrons. The molecule has 0 spiro atoms. The van der Waals surface area contributed by atoms with Gasteiger partial charge < -0.3 is 10.6 Å². The lowest BCUT2D eigenvalue weighted by molar-refractivity contribution is 0.106. The van der Waals surface area contributed by atoms with E-state index in [0.29, 0.717) is 5.54 Å². The summed E-state index contributed by atoms with van der Waals surface area (Å²) < 4.78 is 0. The molecule has 0 aromatic heterocycles. The van der Waals surface area contributed by atoms with Crippen molar-refractivity contribution in [1.82, 2.24) is 9.80 Å². The largest absolute Gasteiger partial charge is 0.329 e. The fourth-order valence-electron chi connectivity index (χ4n) is 3.15. The third kappa shape index (κ3) is 2.35. The van der Waals surface area contributed by atoms with Crippen LogP contribution in [0.4, 0.5) is 0 Å². The second kappa shape index (κ2) is 4.81. The van der Waals surface area contributed by atoms with Crippen molar-refractivity contribution in [2.45, 2.75) is 37.6 Å². The highest BCUT2D eigenvalue weighted by Gasteiger charge is 2.37. The van der Waals surface area contributed by atoms with Crippen molar-refractivity contribution in [3.63, 3.8) is 0 Å². The van der Waals surface area contributed by atoms with Crippen molar-refractivity contribution in [2.24, 2.45) is 5.73 Å².